The Hall–Kier alpha value is -1.82. The number of hydrogen-bond acceptors (Lipinski definition) is 5. The molecule has 0 saturated carbocycles. The molecule has 0 spiro atoms. The first-order chi connectivity index (χ1) is 8.13. The highest BCUT2D eigenvalue weighted by Crippen LogP contribution is 2.09. The Bertz CT molecular complexity index is 362. The van der Waals surface area contributed by atoms with E-state index in [4.69, 9.17) is 15.7 Å². The summed E-state index contributed by atoms with van der Waals surface area (Å²) in [7, 11) is 4.04. The van der Waals surface area contributed by atoms with Gasteiger partial charge in [0.05, 0.1) is 12.8 Å². The van der Waals surface area contributed by atoms with Crippen LogP contribution in [0.5, 0.6) is 5.75 Å². The van der Waals surface area contributed by atoms with Gasteiger partial charge in [0.1, 0.15) is 11.4 Å². The van der Waals surface area contributed by atoms with Crippen molar-refractivity contribution < 1.29 is 9.94 Å². The predicted octanol–water partition coefficient (Wildman–Crippen LogP) is 0.507. The number of rotatable bonds is 6. The van der Waals surface area contributed by atoms with Gasteiger partial charge in [0.15, 0.2) is 5.84 Å². The minimum atomic E-state index is -0.0100. The van der Waals surface area contributed by atoms with Crippen molar-refractivity contribution in [1.29, 1.82) is 0 Å². The Labute approximate surface area is 101 Å². The van der Waals surface area contributed by atoms with Crippen LogP contribution in [0.4, 0.5) is 0 Å². The summed E-state index contributed by atoms with van der Waals surface area (Å²) in [5.41, 5.74) is 5.81. The van der Waals surface area contributed by atoms with Gasteiger partial charge in [-0.05, 0) is 32.6 Å². The van der Waals surface area contributed by atoms with Crippen LogP contribution >= 0.6 is 0 Å². The first-order valence-electron chi connectivity index (χ1n) is 5.35. The molecule has 0 saturated heterocycles. The molecule has 0 aliphatic rings. The average Bonchev–Trinajstić information content (AvgIpc) is 2.34. The summed E-state index contributed by atoms with van der Waals surface area (Å²) in [6.07, 6.45) is 2.51. The van der Waals surface area contributed by atoms with Gasteiger partial charge in [0.25, 0.3) is 0 Å². The van der Waals surface area contributed by atoms with Gasteiger partial charge < -0.3 is 20.6 Å². The zero-order chi connectivity index (χ0) is 12.7. The largest absolute Gasteiger partial charge is 0.492 e. The first-order valence-corrected chi connectivity index (χ1v) is 5.35. The maximum absolute atomic E-state index is 8.47. The molecule has 3 N–H and O–H groups in total. The second-order valence-electron chi connectivity index (χ2n) is 3.87. The van der Waals surface area contributed by atoms with Crippen LogP contribution in [0.1, 0.15) is 12.1 Å². The molecule has 94 valence electrons. The molecular formula is C11H18N4O2. The molecule has 0 unspecified atom stereocenters. The number of pyridine rings is 1. The summed E-state index contributed by atoms with van der Waals surface area (Å²) in [6, 6.07) is 3.40. The SMILES string of the molecule is CN(C)CCCOc1ccc(/C(N)=N/O)nc1. The van der Waals surface area contributed by atoms with E-state index in [1.807, 2.05) is 14.1 Å². The molecule has 17 heavy (non-hydrogen) atoms. The van der Waals surface area contributed by atoms with Crippen molar-refractivity contribution in [3.63, 3.8) is 0 Å². The third-order valence-corrected chi connectivity index (χ3v) is 2.12. The van der Waals surface area contributed by atoms with Crippen molar-refractivity contribution in [3.05, 3.63) is 24.0 Å². The summed E-state index contributed by atoms with van der Waals surface area (Å²) >= 11 is 0. The van der Waals surface area contributed by atoms with E-state index in [2.05, 4.69) is 15.0 Å². The highest BCUT2D eigenvalue weighted by Gasteiger charge is 2.01. The molecule has 0 atom stereocenters. The van der Waals surface area contributed by atoms with Gasteiger partial charge in [-0.2, -0.15) is 0 Å². The van der Waals surface area contributed by atoms with Crippen LogP contribution < -0.4 is 10.5 Å². The van der Waals surface area contributed by atoms with Gasteiger partial charge >= 0.3 is 0 Å². The van der Waals surface area contributed by atoms with Crippen molar-refractivity contribution in [2.75, 3.05) is 27.2 Å². The maximum atomic E-state index is 8.47. The summed E-state index contributed by atoms with van der Waals surface area (Å²) in [5.74, 6) is 0.669. The quantitative estimate of drug-likeness (QED) is 0.248. The summed E-state index contributed by atoms with van der Waals surface area (Å²) < 4.78 is 5.49. The van der Waals surface area contributed by atoms with Gasteiger partial charge in [0.2, 0.25) is 0 Å². The molecule has 0 aliphatic carbocycles. The van der Waals surface area contributed by atoms with Gasteiger partial charge in [-0.15, -0.1) is 0 Å². The van der Waals surface area contributed by atoms with E-state index >= 15 is 0 Å². The summed E-state index contributed by atoms with van der Waals surface area (Å²) in [5, 5.41) is 11.3. The minimum absolute atomic E-state index is 0.0100. The summed E-state index contributed by atoms with van der Waals surface area (Å²) in [4.78, 5) is 6.11. The zero-order valence-corrected chi connectivity index (χ0v) is 10.1. The first kappa shape index (κ1) is 13.2. The Balaban J connectivity index is 2.41. The number of amidine groups is 1. The van der Waals surface area contributed by atoms with E-state index in [-0.39, 0.29) is 5.84 Å². The van der Waals surface area contributed by atoms with Crippen LogP contribution in [0.2, 0.25) is 0 Å². The molecule has 1 aromatic rings. The van der Waals surface area contributed by atoms with Gasteiger partial charge in [-0.3, -0.25) is 0 Å². The number of ether oxygens (including phenoxy) is 1. The van der Waals surface area contributed by atoms with Crippen molar-refractivity contribution in [2.24, 2.45) is 10.9 Å². The Morgan fingerprint density at radius 1 is 1.53 bits per heavy atom. The fourth-order valence-corrected chi connectivity index (χ4v) is 1.24. The van der Waals surface area contributed by atoms with Gasteiger partial charge in [0, 0.05) is 6.54 Å². The number of oxime groups is 1. The topological polar surface area (TPSA) is 84.0 Å². The third-order valence-electron chi connectivity index (χ3n) is 2.12. The van der Waals surface area contributed by atoms with E-state index in [1.165, 1.54) is 0 Å². The predicted molar refractivity (Wildman–Crippen MR) is 65.4 cm³/mol. The van der Waals surface area contributed by atoms with Crippen LogP contribution in [-0.2, 0) is 0 Å². The number of nitrogens with two attached hydrogens (primary N) is 1. The van der Waals surface area contributed by atoms with Crippen molar-refractivity contribution in [2.45, 2.75) is 6.42 Å². The van der Waals surface area contributed by atoms with E-state index in [9.17, 15) is 0 Å². The highest BCUT2D eigenvalue weighted by molar-refractivity contribution is 5.95. The molecule has 0 radical (unpaired) electrons. The molecular weight excluding hydrogens is 220 g/mol. The number of nitrogens with zero attached hydrogens (tertiary/aromatic N) is 3. The lowest BCUT2D eigenvalue weighted by Crippen LogP contribution is -2.16. The van der Waals surface area contributed by atoms with Crippen LogP contribution in [0.25, 0.3) is 0 Å². The molecule has 0 amide bonds. The second kappa shape index (κ2) is 6.70. The fourth-order valence-electron chi connectivity index (χ4n) is 1.24. The molecule has 0 aliphatic heterocycles. The van der Waals surface area contributed by atoms with Gasteiger partial charge in [-0.1, -0.05) is 5.16 Å². The molecule has 0 aromatic carbocycles. The van der Waals surface area contributed by atoms with E-state index < -0.39 is 0 Å². The lowest BCUT2D eigenvalue weighted by atomic mass is 10.3. The maximum Gasteiger partial charge on any atom is 0.188 e. The monoisotopic (exact) mass is 238 g/mol. The molecule has 0 bridgehead atoms. The van der Waals surface area contributed by atoms with Crippen LogP contribution in [0.3, 0.4) is 0 Å². The lowest BCUT2D eigenvalue weighted by Gasteiger charge is -2.10. The highest BCUT2D eigenvalue weighted by atomic mass is 16.5. The van der Waals surface area contributed by atoms with E-state index in [1.54, 1.807) is 18.3 Å². The number of hydrogen-bond donors (Lipinski definition) is 2. The third kappa shape index (κ3) is 4.69. The molecule has 1 heterocycles. The molecule has 6 nitrogen and oxygen atoms in total. The van der Waals surface area contributed by atoms with E-state index in [0.29, 0.717) is 18.1 Å². The summed E-state index contributed by atoms with van der Waals surface area (Å²) in [6.45, 7) is 1.62. The zero-order valence-electron chi connectivity index (χ0n) is 10.1. The van der Waals surface area contributed by atoms with Gasteiger partial charge in [-0.25, -0.2) is 4.98 Å². The smallest absolute Gasteiger partial charge is 0.188 e. The van der Waals surface area contributed by atoms with Crippen molar-refractivity contribution >= 4 is 5.84 Å². The molecule has 1 aromatic heterocycles. The molecule has 0 fully saturated rings. The van der Waals surface area contributed by atoms with E-state index in [0.717, 1.165) is 13.0 Å². The Morgan fingerprint density at radius 2 is 2.29 bits per heavy atom. The Morgan fingerprint density at radius 3 is 2.82 bits per heavy atom. The molecule has 1 rings (SSSR count). The number of aromatic nitrogens is 1. The fraction of sp³-hybridized carbons (Fsp3) is 0.455. The Kier molecular flexibility index (Phi) is 5.22. The van der Waals surface area contributed by atoms with Crippen molar-refractivity contribution in [3.8, 4) is 5.75 Å². The van der Waals surface area contributed by atoms with Crippen LogP contribution in [0.15, 0.2) is 23.5 Å². The van der Waals surface area contributed by atoms with Crippen molar-refractivity contribution in [1.82, 2.24) is 9.88 Å². The minimum Gasteiger partial charge on any atom is -0.492 e. The average molecular weight is 238 g/mol. The normalized spacial score (nSPS) is 11.8. The van der Waals surface area contributed by atoms with Crippen LogP contribution in [0, 0.1) is 0 Å². The van der Waals surface area contributed by atoms with Crippen LogP contribution in [-0.4, -0.2) is 48.2 Å². The lowest BCUT2D eigenvalue weighted by molar-refractivity contribution is 0.281. The molecule has 6 heteroatoms. The second-order valence-corrected chi connectivity index (χ2v) is 3.87. The standard InChI is InChI=1S/C11H18N4O2/c1-15(2)6-3-7-17-9-4-5-10(13-8-9)11(12)14-16/h4-5,8,16H,3,6-7H2,1-2H3,(H2,12,14).